The van der Waals surface area contributed by atoms with Crippen LogP contribution in [-0.2, 0) is 9.59 Å². The number of likely N-dealkylation sites (N-methyl/N-ethyl adjacent to an activating group) is 1. The molecule has 0 spiro atoms. The van der Waals surface area contributed by atoms with E-state index in [0.29, 0.717) is 19.6 Å². The van der Waals surface area contributed by atoms with Crippen molar-refractivity contribution in [1.29, 1.82) is 0 Å². The van der Waals surface area contributed by atoms with Crippen LogP contribution < -0.4 is 10.2 Å². The quantitative estimate of drug-likeness (QED) is 0.859. The fourth-order valence-electron chi connectivity index (χ4n) is 3.41. The average Bonchev–Trinajstić information content (AvgIpc) is 2.97. The van der Waals surface area contributed by atoms with Crippen molar-refractivity contribution in [3.8, 4) is 0 Å². The van der Waals surface area contributed by atoms with Gasteiger partial charge in [0, 0.05) is 38.4 Å². The second-order valence-corrected chi connectivity index (χ2v) is 6.08. The van der Waals surface area contributed by atoms with E-state index in [1.165, 1.54) is 0 Å². The normalized spacial score (nSPS) is 22.7. The molecule has 0 aromatic heterocycles. The standard InChI is InChI=1S/C17H24N4O2/c1-18-13-16(22)20-11-9-19(10-12-20)15-7-8-21(17(15)23)14-5-3-2-4-6-14/h2-6,15,18H,7-13H2,1H3. The number of benzene rings is 1. The predicted molar refractivity (Wildman–Crippen MR) is 89.3 cm³/mol. The molecule has 2 aliphatic heterocycles. The van der Waals surface area contributed by atoms with Crippen LogP contribution in [-0.4, -0.2) is 74.0 Å². The lowest BCUT2D eigenvalue weighted by atomic mass is 10.1. The van der Waals surface area contributed by atoms with Gasteiger partial charge in [0.05, 0.1) is 12.6 Å². The number of nitrogens with one attached hydrogen (secondary N) is 1. The summed E-state index contributed by atoms with van der Waals surface area (Å²) in [6, 6.07) is 9.80. The third-order valence-electron chi connectivity index (χ3n) is 4.68. The highest BCUT2D eigenvalue weighted by Gasteiger charge is 2.38. The highest BCUT2D eigenvalue weighted by atomic mass is 16.2. The molecule has 2 fully saturated rings. The van der Waals surface area contributed by atoms with E-state index in [0.717, 1.165) is 31.7 Å². The molecule has 23 heavy (non-hydrogen) atoms. The minimum absolute atomic E-state index is 0.0447. The van der Waals surface area contributed by atoms with E-state index >= 15 is 0 Å². The van der Waals surface area contributed by atoms with Gasteiger partial charge in [0.15, 0.2) is 0 Å². The lowest BCUT2D eigenvalue weighted by Gasteiger charge is -2.37. The van der Waals surface area contributed by atoms with E-state index in [9.17, 15) is 9.59 Å². The Kier molecular flexibility index (Phi) is 4.93. The number of para-hydroxylation sites is 1. The van der Waals surface area contributed by atoms with Crippen molar-refractivity contribution < 1.29 is 9.59 Å². The molecule has 1 N–H and O–H groups in total. The lowest BCUT2D eigenvalue weighted by Crippen LogP contribution is -2.54. The van der Waals surface area contributed by atoms with Crippen molar-refractivity contribution >= 4 is 17.5 Å². The van der Waals surface area contributed by atoms with Gasteiger partial charge in [-0.15, -0.1) is 0 Å². The molecular weight excluding hydrogens is 292 g/mol. The van der Waals surface area contributed by atoms with Gasteiger partial charge in [0.2, 0.25) is 11.8 Å². The van der Waals surface area contributed by atoms with E-state index in [1.807, 2.05) is 40.1 Å². The van der Waals surface area contributed by atoms with Crippen LogP contribution in [0.5, 0.6) is 0 Å². The Morgan fingerprint density at radius 1 is 1.13 bits per heavy atom. The Hall–Kier alpha value is -1.92. The fraction of sp³-hybridized carbons (Fsp3) is 0.529. The SMILES string of the molecule is CNCC(=O)N1CCN(C2CCN(c3ccccc3)C2=O)CC1. The van der Waals surface area contributed by atoms with Gasteiger partial charge in [-0.1, -0.05) is 18.2 Å². The number of carbonyl (C=O) groups excluding carboxylic acids is 2. The molecule has 0 saturated carbocycles. The first-order valence-electron chi connectivity index (χ1n) is 8.23. The molecule has 2 aliphatic rings. The monoisotopic (exact) mass is 316 g/mol. The maximum Gasteiger partial charge on any atom is 0.244 e. The number of nitrogens with zero attached hydrogens (tertiary/aromatic N) is 3. The maximum absolute atomic E-state index is 12.7. The first-order valence-corrected chi connectivity index (χ1v) is 8.23. The summed E-state index contributed by atoms with van der Waals surface area (Å²) in [4.78, 5) is 30.6. The lowest BCUT2D eigenvalue weighted by molar-refractivity contribution is -0.132. The molecule has 1 aromatic rings. The molecule has 1 aromatic carbocycles. The van der Waals surface area contributed by atoms with Gasteiger partial charge in [0.1, 0.15) is 0 Å². The van der Waals surface area contributed by atoms with Gasteiger partial charge in [-0.2, -0.15) is 0 Å². The summed E-state index contributed by atoms with van der Waals surface area (Å²) < 4.78 is 0. The summed E-state index contributed by atoms with van der Waals surface area (Å²) in [5, 5.41) is 2.90. The van der Waals surface area contributed by atoms with Gasteiger partial charge in [0.25, 0.3) is 0 Å². The minimum Gasteiger partial charge on any atom is -0.339 e. The number of carbonyl (C=O) groups is 2. The smallest absolute Gasteiger partial charge is 0.244 e. The Morgan fingerprint density at radius 3 is 2.48 bits per heavy atom. The summed E-state index contributed by atoms with van der Waals surface area (Å²) >= 11 is 0. The number of hydrogen-bond donors (Lipinski definition) is 1. The van der Waals surface area contributed by atoms with E-state index < -0.39 is 0 Å². The zero-order valence-electron chi connectivity index (χ0n) is 13.6. The summed E-state index contributed by atoms with van der Waals surface area (Å²) in [5.74, 6) is 0.321. The van der Waals surface area contributed by atoms with Crippen LogP contribution in [0.2, 0.25) is 0 Å². The molecule has 6 nitrogen and oxygen atoms in total. The van der Waals surface area contributed by atoms with Crippen molar-refractivity contribution in [2.45, 2.75) is 12.5 Å². The molecule has 2 heterocycles. The maximum atomic E-state index is 12.7. The molecule has 124 valence electrons. The van der Waals surface area contributed by atoms with Crippen LogP contribution in [0.4, 0.5) is 5.69 Å². The number of amides is 2. The molecule has 0 radical (unpaired) electrons. The summed E-state index contributed by atoms with van der Waals surface area (Å²) in [6.07, 6.45) is 0.859. The highest BCUT2D eigenvalue weighted by molar-refractivity contribution is 5.99. The van der Waals surface area contributed by atoms with Gasteiger partial charge < -0.3 is 15.1 Å². The Labute approximate surface area is 137 Å². The molecular formula is C17H24N4O2. The third kappa shape index (κ3) is 3.38. The number of piperazine rings is 1. The van der Waals surface area contributed by atoms with E-state index in [4.69, 9.17) is 0 Å². The van der Waals surface area contributed by atoms with E-state index in [-0.39, 0.29) is 17.9 Å². The number of rotatable bonds is 4. The van der Waals surface area contributed by atoms with Gasteiger partial charge in [-0.25, -0.2) is 0 Å². The van der Waals surface area contributed by atoms with Crippen molar-refractivity contribution in [2.75, 3.05) is 51.2 Å². The number of hydrogen-bond acceptors (Lipinski definition) is 4. The van der Waals surface area contributed by atoms with E-state index in [2.05, 4.69) is 10.2 Å². The predicted octanol–water partition coefficient (Wildman–Crippen LogP) is 0.156. The van der Waals surface area contributed by atoms with E-state index in [1.54, 1.807) is 7.05 Å². The van der Waals surface area contributed by atoms with Crippen LogP contribution in [0, 0.1) is 0 Å². The van der Waals surface area contributed by atoms with Crippen LogP contribution in [0.25, 0.3) is 0 Å². The Bertz CT molecular complexity index is 555. The van der Waals surface area contributed by atoms with Gasteiger partial charge >= 0.3 is 0 Å². The first kappa shape index (κ1) is 16.0. The Morgan fingerprint density at radius 2 is 1.83 bits per heavy atom. The van der Waals surface area contributed by atoms with Crippen LogP contribution in [0.1, 0.15) is 6.42 Å². The molecule has 1 atom stereocenters. The van der Waals surface area contributed by atoms with Crippen LogP contribution >= 0.6 is 0 Å². The van der Waals surface area contributed by atoms with Crippen molar-refractivity contribution in [2.24, 2.45) is 0 Å². The second-order valence-electron chi connectivity index (χ2n) is 6.08. The second kappa shape index (κ2) is 7.10. The molecule has 0 aliphatic carbocycles. The largest absolute Gasteiger partial charge is 0.339 e. The Balaban J connectivity index is 1.57. The average molecular weight is 316 g/mol. The topological polar surface area (TPSA) is 55.9 Å². The first-order chi connectivity index (χ1) is 11.2. The third-order valence-corrected chi connectivity index (χ3v) is 4.68. The van der Waals surface area contributed by atoms with Crippen molar-refractivity contribution in [1.82, 2.24) is 15.1 Å². The molecule has 0 bridgehead atoms. The van der Waals surface area contributed by atoms with Gasteiger partial charge in [-0.05, 0) is 25.6 Å². The summed E-state index contributed by atoms with van der Waals surface area (Å²) in [7, 11) is 1.78. The molecule has 6 heteroatoms. The van der Waals surface area contributed by atoms with Gasteiger partial charge in [-0.3, -0.25) is 14.5 Å². The molecule has 1 unspecified atom stereocenters. The zero-order chi connectivity index (χ0) is 16.2. The summed E-state index contributed by atoms with van der Waals surface area (Å²) in [6.45, 7) is 4.10. The molecule has 3 rings (SSSR count). The van der Waals surface area contributed by atoms with Crippen LogP contribution in [0.3, 0.4) is 0 Å². The number of anilines is 1. The molecule has 2 amide bonds. The van der Waals surface area contributed by atoms with Crippen LogP contribution in [0.15, 0.2) is 30.3 Å². The highest BCUT2D eigenvalue weighted by Crippen LogP contribution is 2.24. The van der Waals surface area contributed by atoms with Crippen molar-refractivity contribution in [3.63, 3.8) is 0 Å². The molecule has 2 saturated heterocycles. The minimum atomic E-state index is -0.0447. The fourth-order valence-corrected chi connectivity index (χ4v) is 3.41. The van der Waals surface area contributed by atoms with Crippen molar-refractivity contribution in [3.05, 3.63) is 30.3 Å². The zero-order valence-corrected chi connectivity index (χ0v) is 13.6. The summed E-state index contributed by atoms with van der Waals surface area (Å²) in [5.41, 5.74) is 0.975.